The lowest BCUT2D eigenvalue weighted by atomic mass is 10.0. The van der Waals surface area contributed by atoms with E-state index in [0.717, 1.165) is 23.5 Å². The Balaban J connectivity index is 1.73. The maximum atomic E-state index is 8.16. The third-order valence-corrected chi connectivity index (χ3v) is 5.82. The molecule has 0 fully saturated rings. The van der Waals surface area contributed by atoms with Crippen LogP contribution in [-0.2, 0) is 6.54 Å². The molecule has 0 amide bonds. The summed E-state index contributed by atoms with van der Waals surface area (Å²) >= 11 is 1.66. The molecule has 1 aromatic heterocycles. The van der Waals surface area contributed by atoms with Crippen molar-refractivity contribution in [2.75, 3.05) is 13.1 Å². The SMILES string of the molecule is CCN(CC)Sc1ccc(=N)n(C(N)=NCc2ccc(-c3ccccc3)cc2)c1. The van der Waals surface area contributed by atoms with Crippen LogP contribution in [0.5, 0.6) is 0 Å². The van der Waals surface area contributed by atoms with Crippen LogP contribution in [-0.4, -0.2) is 27.9 Å². The number of hydrogen-bond donors (Lipinski definition) is 2. The quantitative estimate of drug-likeness (QED) is 0.349. The highest BCUT2D eigenvalue weighted by molar-refractivity contribution is 7.97. The van der Waals surface area contributed by atoms with Crippen LogP contribution in [0.15, 0.2) is 82.8 Å². The van der Waals surface area contributed by atoms with Crippen LogP contribution in [0, 0.1) is 5.41 Å². The molecule has 0 atom stereocenters. The van der Waals surface area contributed by atoms with Crippen molar-refractivity contribution in [1.29, 1.82) is 5.41 Å². The van der Waals surface area contributed by atoms with Crippen molar-refractivity contribution >= 4 is 17.9 Å². The van der Waals surface area contributed by atoms with Crippen molar-refractivity contribution in [3.05, 3.63) is 84.0 Å². The van der Waals surface area contributed by atoms with E-state index in [4.69, 9.17) is 11.1 Å². The van der Waals surface area contributed by atoms with E-state index in [2.05, 4.69) is 59.5 Å². The monoisotopic (exact) mass is 405 g/mol. The fourth-order valence-corrected chi connectivity index (χ4v) is 3.75. The summed E-state index contributed by atoms with van der Waals surface area (Å²) in [5.41, 5.74) is 9.96. The van der Waals surface area contributed by atoms with Crippen molar-refractivity contribution in [1.82, 2.24) is 8.87 Å². The fraction of sp³-hybridized carbons (Fsp3) is 0.217. The van der Waals surface area contributed by atoms with Gasteiger partial charge in [-0.2, -0.15) is 0 Å². The van der Waals surface area contributed by atoms with E-state index in [9.17, 15) is 0 Å². The minimum Gasteiger partial charge on any atom is -0.369 e. The molecule has 0 unspecified atom stereocenters. The maximum absolute atomic E-state index is 8.16. The lowest BCUT2D eigenvalue weighted by Gasteiger charge is -2.17. The van der Waals surface area contributed by atoms with Gasteiger partial charge in [-0.15, -0.1) is 0 Å². The molecule has 5 nitrogen and oxygen atoms in total. The van der Waals surface area contributed by atoms with Gasteiger partial charge in [0.05, 0.1) is 6.54 Å². The minimum absolute atomic E-state index is 0.314. The number of nitrogens with one attached hydrogen (secondary N) is 1. The van der Waals surface area contributed by atoms with E-state index in [1.54, 1.807) is 22.6 Å². The number of hydrogen-bond acceptors (Lipinski definition) is 4. The first-order valence-corrected chi connectivity index (χ1v) is 10.5. The molecule has 0 aliphatic rings. The molecular weight excluding hydrogens is 378 g/mol. The molecule has 0 bridgehead atoms. The molecule has 29 heavy (non-hydrogen) atoms. The molecule has 6 heteroatoms. The normalized spacial score (nSPS) is 11.8. The van der Waals surface area contributed by atoms with Gasteiger partial charge < -0.3 is 5.73 Å². The molecule has 2 aromatic carbocycles. The average molecular weight is 406 g/mol. The van der Waals surface area contributed by atoms with Crippen molar-refractivity contribution in [2.45, 2.75) is 25.3 Å². The van der Waals surface area contributed by atoms with Crippen molar-refractivity contribution < 1.29 is 0 Å². The van der Waals surface area contributed by atoms with Gasteiger partial charge in [-0.05, 0) is 40.8 Å². The highest BCUT2D eigenvalue weighted by Gasteiger charge is 2.06. The van der Waals surface area contributed by atoms with Crippen molar-refractivity contribution in [2.24, 2.45) is 10.7 Å². The molecule has 0 saturated carbocycles. The summed E-state index contributed by atoms with van der Waals surface area (Å²) in [7, 11) is 0. The van der Waals surface area contributed by atoms with Crippen LogP contribution in [0.1, 0.15) is 19.4 Å². The fourth-order valence-electron chi connectivity index (χ4n) is 2.91. The molecule has 0 saturated heterocycles. The molecule has 3 N–H and O–H groups in total. The van der Waals surface area contributed by atoms with Crippen LogP contribution in [0.25, 0.3) is 11.1 Å². The Morgan fingerprint density at radius 3 is 2.28 bits per heavy atom. The van der Waals surface area contributed by atoms with Gasteiger partial charge in [0.15, 0.2) is 0 Å². The lowest BCUT2D eigenvalue weighted by molar-refractivity contribution is 0.524. The molecule has 0 aliphatic carbocycles. The van der Waals surface area contributed by atoms with Gasteiger partial charge in [0, 0.05) is 24.2 Å². The van der Waals surface area contributed by atoms with Gasteiger partial charge in [0.25, 0.3) is 0 Å². The topological polar surface area (TPSA) is 70.4 Å². The Morgan fingerprint density at radius 1 is 0.966 bits per heavy atom. The summed E-state index contributed by atoms with van der Waals surface area (Å²) in [5.74, 6) is 0.323. The molecule has 0 aliphatic heterocycles. The summed E-state index contributed by atoms with van der Waals surface area (Å²) in [6.45, 7) is 6.63. The van der Waals surface area contributed by atoms with Crippen LogP contribution in [0.4, 0.5) is 0 Å². The first-order chi connectivity index (χ1) is 14.1. The van der Waals surface area contributed by atoms with Gasteiger partial charge >= 0.3 is 0 Å². The Morgan fingerprint density at radius 2 is 1.62 bits per heavy atom. The number of aromatic nitrogens is 1. The highest BCUT2D eigenvalue weighted by atomic mass is 32.2. The van der Waals surface area contributed by atoms with E-state index in [-0.39, 0.29) is 0 Å². The standard InChI is InChI=1S/C23H27N5S/c1-3-27(4-2)29-21-14-15-22(24)28(17-21)23(25)26-16-18-10-12-20(13-11-18)19-8-6-5-7-9-19/h5-15,17,24H,3-4,16H2,1-2H3,(H2,25,26). The maximum Gasteiger partial charge on any atom is 0.201 e. The second kappa shape index (κ2) is 10.1. The smallest absolute Gasteiger partial charge is 0.201 e. The van der Waals surface area contributed by atoms with Crippen LogP contribution in [0.3, 0.4) is 0 Å². The average Bonchev–Trinajstić information content (AvgIpc) is 2.77. The Bertz CT molecular complexity index is 1010. The van der Waals surface area contributed by atoms with Gasteiger partial charge in [-0.25, -0.2) is 9.30 Å². The molecule has 150 valence electrons. The number of nitrogens with zero attached hydrogens (tertiary/aromatic N) is 3. The van der Waals surface area contributed by atoms with E-state index in [1.165, 1.54) is 11.1 Å². The number of aliphatic imine (C=N–C) groups is 1. The van der Waals surface area contributed by atoms with Gasteiger partial charge in [0.1, 0.15) is 5.49 Å². The Kier molecular flexibility index (Phi) is 7.27. The second-order valence-corrected chi connectivity index (χ2v) is 7.73. The van der Waals surface area contributed by atoms with Crippen LogP contribution >= 0.6 is 11.9 Å². The lowest BCUT2D eigenvalue weighted by Crippen LogP contribution is -2.32. The third-order valence-electron chi connectivity index (χ3n) is 4.59. The summed E-state index contributed by atoms with van der Waals surface area (Å²) in [6, 6.07) is 22.3. The van der Waals surface area contributed by atoms with Gasteiger partial charge in [-0.1, -0.05) is 68.4 Å². The highest BCUT2D eigenvalue weighted by Crippen LogP contribution is 2.21. The van der Waals surface area contributed by atoms with Gasteiger partial charge in [0.2, 0.25) is 5.96 Å². The Hall–Kier alpha value is -2.83. The van der Waals surface area contributed by atoms with E-state index in [0.29, 0.717) is 18.0 Å². The number of nitrogens with two attached hydrogens (primary N) is 1. The van der Waals surface area contributed by atoms with Crippen LogP contribution < -0.4 is 11.2 Å². The van der Waals surface area contributed by atoms with Crippen LogP contribution in [0.2, 0.25) is 0 Å². The summed E-state index contributed by atoms with van der Waals surface area (Å²) < 4.78 is 3.87. The zero-order valence-corrected chi connectivity index (χ0v) is 17.7. The van der Waals surface area contributed by atoms with Gasteiger partial charge in [-0.3, -0.25) is 9.98 Å². The predicted octanol–water partition coefficient (Wildman–Crippen LogP) is 4.35. The minimum atomic E-state index is 0.314. The second-order valence-electron chi connectivity index (χ2n) is 6.56. The number of benzene rings is 2. The Labute approximate surface area is 176 Å². The predicted molar refractivity (Wildman–Crippen MR) is 122 cm³/mol. The first-order valence-electron chi connectivity index (χ1n) is 9.75. The first kappa shape index (κ1) is 20.9. The molecule has 3 aromatic rings. The summed E-state index contributed by atoms with van der Waals surface area (Å²) in [4.78, 5) is 5.54. The molecule has 0 radical (unpaired) electrons. The molecule has 0 spiro atoms. The largest absolute Gasteiger partial charge is 0.369 e. The molecule has 3 rings (SSSR count). The summed E-state index contributed by atoms with van der Waals surface area (Å²) in [6.07, 6.45) is 1.88. The number of rotatable bonds is 7. The summed E-state index contributed by atoms with van der Waals surface area (Å²) in [5, 5.41) is 8.16. The van der Waals surface area contributed by atoms with Crippen molar-refractivity contribution in [3.63, 3.8) is 0 Å². The third kappa shape index (κ3) is 5.59. The molecule has 1 heterocycles. The molecular formula is C23H27N5S. The zero-order chi connectivity index (χ0) is 20.6. The number of pyridine rings is 1. The van der Waals surface area contributed by atoms with E-state index < -0.39 is 0 Å². The zero-order valence-electron chi connectivity index (χ0n) is 16.9. The van der Waals surface area contributed by atoms with Crippen molar-refractivity contribution in [3.8, 4) is 11.1 Å². The van der Waals surface area contributed by atoms with E-state index >= 15 is 0 Å². The van der Waals surface area contributed by atoms with E-state index in [1.807, 2.05) is 30.5 Å².